The zero-order chi connectivity index (χ0) is 44.2. The van der Waals surface area contributed by atoms with E-state index in [0.29, 0.717) is 57.4 Å². The van der Waals surface area contributed by atoms with Crippen molar-refractivity contribution in [1.82, 2.24) is 34.8 Å². The van der Waals surface area contributed by atoms with Crippen LogP contribution in [0, 0.1) is 17.8 Å². The minimum Gasteiger partial charge on any atom is -0.458 e. The molecule has 336 valence electrons. The number of ether oxygens (including phenoxy) is 5. The van der Waals surface area contributed by atoms with Gasteiger partial charge in [-0.2, -0.15) is 0 Å². The molecule has 17 heteroatoms. The Kier molecular flexibility index (Phi) is 14.6. The second kappa shape index (κ2) is 19.3. The topological polar surface area (TPSA) is 207 Å². The van der Waals surface area contributed by atoms with E-state index in [1.54, 1.807) is 42.3 Å². The average Bonchev–Trinajstić information content (AvgIpc) is 4.00. The molecule has 3 unspecified atom stereocenters. The Labute approximate surface area is 359 Å². The van der Waals surface area contributed by atoms with E-state index < -0.39 is 71.5 Å². The summed E-state index contributed by atoms with van der Waals surface area (Å²) in [6, 6.07) is 6.28. The van der Waals surface area contributed by atoms with Crippen LogP contribution in [0.25, 0.3) is 11.3 Å². The highest BCUT2D eigenvalue weighted by Crippen LogP contribution is 2.40. The highest BCUT2D eigenvalue weighted by Gasteiger charge is 2.58. The van der Waals surface area contributed by atoms with Crippen molar-refractivity contribution in [3.05, 3.63) is 49.2 Å². The van der Waals surface area contributed by atoms with Gasteiger partial charge in [0.05, 0.1) is 42.4 Å². The van der Waals surface area contributed by atoms with Gasteiger partial charge in [0, 0.05) is 55.8 Å². The highest BCUT2D eigenvalue weighted by molar-refractivity contribution is 6.00. The molecule has 1 aromatic carbocycles. The van der Waals surface area contributed by atoms with Crippen LogP contribution in [-0.4, -0.2) is 127 Å². The summed E-state index contributed by atoms with van der Waals surface area (Å²) in [5.41, 5.74) is 5.90. The Morgan fingerprint density at radius 2 is 1.84 bits per heavy atom. The van der Waals surface area contributed by atoms with Gasteiger partial charge >= 0.3 is 12.1 Å². The quantitative estimate of drug-likeness (QED) is 0.103. The van der Waals surface area contributed by atoms with Crippen molar-refractivity contribution in [3.63, 3.8) is 0 Å². The number of cyclic esters (lactones) is 1. The van der Waals surface area contributed by atoms with Crippen LogP contribution in [0.5, 0.6) is 0 Å². The number of imidazole rings is 1. The molecule has 1 amide bonds. The number of aliphatic hydroxyl groups is 1. The molecule has 4 N–H and O–H groups in total. The Bertz CT molecular complexity index is 1950. The molecule has 3 saturated heterocycles. The van der Waals surface area contributed by atoms with Gasteiger partial charge in [0.15, 0.2) is 17.7 Å². The number of amides is 1. The number of carbonyl (C=O) groups excluding carboxylic acids is 3. The number of hydrogen-bond acceptors (Lipinski definition) is 14. The molecule has 3 aromatic rings. The van der Waals surface area contributed by atoms with Crippen LogP contribution in [0.4, 0.5) is 10.5 Å². The lowest BCUT2D eigenvalue weighted by Crippen LogP contribution is -2.61. The molecule has 6 rings (SSSR count). The number of fused-ring (bicyclic) bond motifs is 1. The number of nitrogens with two attached hydrogens (primary N) is 1. The number of hydrogen-bond donors (Lipinski definition) is 3. The van der Waals surface area contributed by atoms with Crippen LogP contribution in [0.2, 0.25) is 0 Å². The number of aliphatic hydroxyl groups excluding tert-OH is 1. The second-order valence-corrected chi connectivity index (χ2v) is 17.8. The second-order valence-electron chi connectivity index (χ2n) is 17.8. The number of nitrogens with one attached hydrogen (secondary N) is 1. The number of Topliss-reactive ketones (excluding diaryl/α,β-unsaturated/α-hetero) is 1. The summed E-state index contributed by atoms with van der Waals surface area (Å²) >= 11 is 0. The van der Waals surface area contributed by atoms with Gasteiger partial charge in [0.25, 0.3) is 0 Å². The number of anilines is 1. The first-order valence-corrected chi connectivity index (χ1v) is 21.7. The monoisotopic (exact) mass is 850 g/mol. The largest absolute Gasteiger partial charge is 0.458 e. The first-order chi connectivity index (χ1) is 29.0. The number of benzene rings is 1. The minimum atomic E-state index is -1.24. The molecule has 61 heavy (non-hydrogen) atoms. The van der Waals surface area contributed by atoms with Gasteiger partial charge in [-0.05, 0) is 91.3 Å². The summed E-state index contributed by atoms with van der Waals surface area (Å²) in [7, 11) is 1.58. The maximum Gasteiger partial charge on any atom is 0.410 e. The number of aryl methyl sites for hydroxylation is 1. The maximum absolute atomic E-state index is 14.4. The Hall–Kier alpha value is -4.42. The molecule has 0 saturated carbocycles. The molecule has 3 aliphatic heterocycles. The van der Waals surface area contributed by atoms with Gasteiger partial charge in [-0.25, -0.2) is 9.78 Å². The maximum atomic E-state index is 14.4. The number of rotatable bonds is 11. The lowest BCUT2D eigenvalue weighted by molar-refractivity contribution is -0.294. The normalized spacial score (nSPS) is 35.5. The van der Waals surface area contributed by atoms with Crippen LogP contribution in [-0.2, 0) is 39.8 Å². The fraction of sp³-hybridized carbons (Fsp3) is 0.682. The van der Waals surface area contributed by atoms with E-state index in [1.807, 2.05) is 69.6 Å². The standard InChI is InChI=1S/C44H66N8O9/c1-10-35-44(8)38(52(42(56)61-44)18-12-11-17-51-24-33(48-49-51)31-14-13-15-32(45)21-31)30(6)47-23-26(2)22-43(7,57-9)39(28(4)36(53)29(5)40(55)59-35)60-41-37(54)34(20-27(3)58-41)50-19-16-46-25-50/h13-16,19,21,24-30,34-35,37-39,41,47,54H,10-12,17-18,20,22-23,45H2,1-9H3/t26-,27?,28+,29-,30-,34?,35-,37?,38-,39-,41+,43-,44-/m1/s1. The zero-order valence-corrected chi connectivity index (χ0v) is 37.1. The number of esters is 1. The third kappa shape index (κ3) is 9.96. The minimum absolute atomic E-state index is 0.0318. The van der Waals surface area contributed by atoms with E-state index in [0.717, 1.165) is 11.3 Å². The lowest BCUT2D eigenvalue weighted by Gasteiger charge is -2.46. The smallest absolute Gasteiger partial charge is 0.410 e. The molecule has 2 aromatic heterocycles. The Morgan fingerprint density at radius 3 is 2.52 bits per heavy atom. The third-order valence-electron chi connectivity index (χ3n) is 13.1. The van der Waals surface area contributed by atoms with E-state index in [4.69, 9.17) is 29.4 Å². The summed E-state index contributed by atoms with van der Waals surface area (Å²) in [5, 5.41) is 23.9. The number of unbranched alkanes of at least 4 members (excludes halogenated alkanes) is 1. The van der Waals surface area contributed by atoms with Gasteiger partial charge in [0.1, 0.15) is 23.8 Å². The number of nitrogen functional groups attached to an aromatic ring is 1. The van der Waals surface area contributed by atoms with E-state index >= 15 is 0 Å². The molecular weight excluding hydrogens is 785 g/mol. The SMILES string of the molecule is CC[C@H]1OC(=O)[C@H](C)C(=O)[C@H](C)[C@@H](O[C@@H]2OC(C)CC(n3ccnc3)C2O)[C@](C)(OC)C[C@@H](C)CN[C@H](C)[C@H]2N(CCCCn3cc(-c4cccc(N)c4)nn3)C(=O)O[C@]12C. The number of aromatic nitrogens is 5. The molecule has 3 aliphatic rings. The number of nitrogens with zero attached hydrogens (tertiary/aromatic N) is 6. The molecule has 0 spiro atoms. The van der Waals surface area contributed by atoms with Crippen molar-refractivity contribution in [2.75, 3.05) is 25.9 Å². The van der Waals surface area contributed by atoms with Crippen molar-refractivity contribution < 1.29 is 43.2 Å². The molecule has 3 fully saturated rings. The summed E-state index contributed by atoms with van der Waals surface area (Å²) in [5.74, 6) is -3.26. The van der Waals surface area contributed by atoms with E-state index in [1.165, 1.54) is 6.92 Å². The Balaban J connectivity index is 1.22. The van der Waals surface area contributed by atoms with Crippen molar-refractivity contribution in [2.45, 2.75) is 154 Å². The summed E-state index contributed by atoms with van der Waals surface area (Å²) in [4.78, 5) is 48.3. The van der Waals surface area contributed by atoms with Crippen LogP contribution in [0.3, 0.4) is 0 Å². The first kappa shape index (κ1) is 46.1. The van der Waals surface area contributed by atoms with Crippen molar-refractivity contribution in [2.24, 2.45) is 17.8 Å². The molecule has 0 bridgehead atoms. The molecule has 13 atom stereocenters. The first-order valence-electron chi connectivity index (χ1n) is 21.7. The average molecular weight is 851 g/mol. The van der Waals surface area contributed by atoms with Gasteiger partial charge in [-0.15, -0.1) is 5.10 Å². The van der Waals surface area contributed by atoms with Crippen LogP contribution in [0.15, 0.2) is 49.2 Å². The van der Waals surface area contributed by atoms with Crippen molar-refractivity contribution >= 4 is 23.5 Å². The van der Waals surface area contributed by atoms with Gasteiger partial charge < -0.3 is 44.4 Å². The highest BCUT2D eigenvalue weighted by atomic mass is 16.7. The fourth-order valence-corrected chi connectivity index (χ4v) is 9.70. The summed E-state index contributed by atoms with van der Waals surface area (Å²) in [6.07, 6.45) is 4.89. The van der Waals surface area contributed by atoms with E-state index in [-0.39, 0.29) is 24.1 Å². The number of ketones is 1. The molecule has 5 heterocycles. The van der Waals surface area contributed by atoms with Gasteiger partial charge in [-0.3, -0.25) is 19.2 Å². The lowest BCUT2D eigenvalue weighted by atomic mass is 9.78. The molecule has 0 radical (unpaired) electrons. The number of carbonyl (C=O) groups is 3. The fourth-order valence-electron chi connectivity index (χ4n) is 9.70. The zero-order valence-electron chi connectivity index (χ0n) is 37.1. The van der Waals surface area contributed by atoms with Crippen molar-refractivity contribution in [1.29, 1.82) is 0 Å². The predicted molar refractivity (Wildman–Crippen MR) is 226 cm³/mol. The summed E-state index contributed by atoms with van der Waals surface area (Å²) in [6.45, 7) is 16.3. The third-order valence-corrected chi connectivity index (χ3v) is 13.1. The van der Waals surface area contributed by atoms with Gasteiger partial charge in [-0.1, -0.05) is 38.1 Å². The van der Waals surface area contributed by atoms with Crippen LogP contribution < -0.4 is 11.1 Å². The summed E-state index contributed by atoms with van der Waals surface area (Å²) < 4.78 is 35.2. The Morgan fingerprint density at radius 1 is 1.08 bits per heavy atom. The number of methoxy groups -OCH3 is 1. The van der Waals surface area contributed by atoms with Gasteiger partial charge in [0.2, 0.25) is 0 Å². The van der Waals surface area contributed by atoms with Crippen LogP contribution >= 0.6 is 0 Å². The molecule has 0 aliphatic carbocycles. The van der Waals surface area contributed by atoms with Crippen molar-refractivity contribution in [3.8, 4) is 11.3 Å². The van der Waals surface area contributed by atoms with E-state index in [9.17, 15) is 19.5 Å². The predicted octanol–water partition coefficient (Wildman–Crippen LogP) is 4.79. The molecular formula is C44H66N8O9. The molecule has 17 nitrogen and oxygen atoms in total. The van der Waals surface area contributed by atoms with Crippen LogP contribution in [0.1, 0.15) is 93.5 Å². The van der Waals surface area contributed by atoms with E-state index in [2.05, 4.69) is 27.5 Å².